The number of thioether (sulfide) groups is 1. The van der Waals surface area contributed by atoms with Crippen LogP contribution < -0.4 is 15.4 Å². The van der Waals surface area contributed by atoms with Crippen molar-refractivity contribution in [2.24, 2.45) is 0 Å². The molecule has 134 valence electrons. The predicted molar refractivity (Wildman–Crippen MR) is 99.2 cm³/mol. The summed E-state index contributed by atoms with van der Waals surface area (Å²) in [4.78, 5) is 24.7. The van der Waals surface area contributed by atoms with Crippen molar-refractivity contribution in [2.45, 2.75) is 19.4 Å². The number of nitrogens with one attached hydrogen (secondary N) is 2. The quantitative estimate of drug-likeness (QED) is 0.716. The van der Waals surface area contributed by atoms with Crippen LogP contribution in [0.15, 0.2) is 47.1 Å². The number of hydrogen-bond acceptors (Lipinski definition) is 5. The first-order chi connectivity index (χ1) is 12.1. The number of hydrogen-bond donors (Lipinski definition) is 2. The maximum absolute atomic E-state index is 12.5. The van der Waals surface area contributed by atoms with Crippen molar-refractivity contribution >= 4 is 29.3 Å². The van der Waals surface area contributed by atoms with Crippen LogP contribution in [0.25, 0.3) is 0 Å². The van der Waals surface area contributed by atoms with Crippen molar-refractivity contribution in [3.05, 3.63) is 48.4 Å². The number of carbonyl (C=O) groups excluding carboxylic acids is 2. The van der Waals surface area contributed by atoms with Crippen molar-refractivity contribution in [1.82, 2.24) is 5.32 Å². The smallest absolute Gasteiger partial charge is 0.287 e. The van der Waals surface area contributed by atoms with Gasteiger partial charge >= 0.3 is 0 Å². The van der Waals surface area contributed by atoms with Crippen molar-refractivity contribution in [3.8, 4) is 5.75 Å². The lowest BCUT2D eigenvalue weighted by Gasteiger charge is -2.17. The highest BCUT2D eigenvalue weighted by atomic mass is 32.2. The van der Waals surface area contributed by atoms with Gasteiger partial charge in [-0.3, -0.25) is 9.59 Å². The normalized spacial score (nSPS) is 11.6. The lowest BCUT2D eigenvalue weighted by atomic mass is 10.2. The Morgan fingerprint density at radius 3 is 2.60 bits per heavy atom. The Bertz CT molecular complexity index is 671. The van der Waals surface area contributed by atoms with E-state index in [0.717, 1.165) is 11.5 Å². The average molecular weight is 362 g/mol. The van der Waals surface area contributed by atoms with Crippen LogP contribution in [0.1, 0.15) is 23.9 Å². The molecule has 2 N–H and O–H groups in total. The summed E-state index contributed by atoms with van der Waals surface area (Å²) in [6, 6.07) is 9.66. The zero-order valence-corrected chi connectivity index (χ0v) is 15.1. The molecule has 25 heavy (non-hydrogen) atoms. The van der Waals surface area contributed by atoms with E-state index in [4.69, 9.17) is 9.15 Å². The van der Waals surface area contributed by atoms with Crippen molar-refractivity contribution in [3.63, 3.8) is 0 Å². The minimum absolute atomic E-state index is 0.183. The standard InChI is InChI=1S/C18H22N2O4S/c1-3-23-14-8-6-13(7-9-14)19-17(21)15(10-12-25-2)20-18(22)16-5-4-11-24-16/h4-9,11,15H,3,10,12H2,1-2H3,(H,19,21)(H,20,22). The summed E-state index contributed by atoms with van der Waals surface area (Å²) in [7, 11) is 0. The van der Waals surface area contributed by atoms with Crippen LogP contribution in [0.5, 0.6) is 5.75 Å². The molecule has 0 fully saturated rings. The molecule has 1 aromatic carbocycles. The Labute approximate surface area is 151 Å². The molecule has 1 atom stereocenters. The fourth-order valence-electron chi connectivity index (χ4n) is 2.17. The van der Waals surface area contributed by atoms with Gasteiger partial charge in [0.2, 0.25) is 5.91 Å². The molecule has 0 aliphatic carbocycles. The number of rotatable bonds is 9. The van der Waals surface area contributed by atoms with Crippen LogP contribution in [0, 0.1) is 0 Å². The molecule has 2 aromatic rings. The summed E-state index contributed by atoms with van der Waals surface area (Å²) >= 11 is 1.61. The second kappa shape index (κ2) is 9.78. The summed E-state index contributed by atoms with van der Waals surface area (Å²) in [6.45, 7) is 2.50. The molecule has 0 radical (unpaired) electrons. The summed E-state index contributed by atoms with van der Waals surface area (Å²) in [5.41, 5.74) is 0.648. The monoisotopic (exact) mass is 362 g/mol. The second-order valence-electron chi connectivity index (χ2n) is 5.23. The van der Waals surface area contributed by atoms with Crippen LogP contribution >= 0.6 is 11.8 Å². The molecular weight excluding hydrogens is 340 g/mol. The molecule has 1 heterocycles. The van der Waals surface area contributed by atoms with Gasteiger partial charge in [0.05, 0.1) is 12.9 Å². The van der Waals surface area contributed by atoms with Gasteiger partial charge in [0.1, 0.15) is 11.8 Å². The minimum Gasteiger partial charge on any atom is -0.494 e. The Balaban J connectivity index is 2.00. The van der Waals surface area contributed by atoms with Gasteiger partial charge in [-0.05, 0) is 61.8 Å². The van der Waals surface area contributed by atoms with E-state index in [9.17, 15) is 9.59 Å². The number of amides is 2. The van der Waals surface area contributed by atoms with Crippen LogP contribution in [0.4, 0.5) is 5.69 Å². The van der Waals surface area contributed by atoms with Gasteiger partial charge in [0.25, 0.3) is 5.91 Å². The van der Waals surface area contributed by atoms with Crippen molar-refractivity contribution in [2.75, 3.05) is 23.9 Å². The third kappa shape index (κ3) is 5.86. The van der Waals surface area contributed by atoms with Crippen LogP contribution in [-0.4, -0.2) is 36.5 Å². The van der Waals surface area contributed by atoms with E-state index in [1.54, 1.807) is 48.2 Å². The van der Waals surface area contributed by atoms with Crippen molar-refractivity contribution in [1.29, 1.82) is 0 Å². The van der Waals surface area contributed by atoms with Gasteiger partial charge < -0.3 is 19.8 Å². The molecule has 2 rings (SSSR count). The predicted octanol–water partition coefficient (Wildman–Crippen LogP) is 3.17. The van der Waals surface area contributed by atoms with Crippen LogP contribution in [-0.2, 0) is 4.79 Å². The van der Waals surface area contributed by atoms with Gasteiger partial charge in [0, 0.05) is 5.69 Å². The van der Waals surface area contributed by atoms with E-state index in [2.05, 4.69) is 10.6 Å². The molecule has 7 heteroatoms. The molecule has 2 amide bonds. The molecule has 0 bridgehead atoms. The Morgan fingerprint density at radius 1 is 1.24 bits per heavy atom. The molecule has 0 saturated heterocycles. The first kappa shape index (κ1) is 18.9. The maximum Gasteiger partial charge on any atom is 0.287 e. The van der Waals surface area contributed by atoms with Crippen LogP contribution in [0.3, 0.4) is 0 Å². The zero-order valence-electron chi connectivity index (χ0n) is 14.3. The van der Waals surface area contributed by atoms with E-state index >= 15 is 0 Å². The lowest BCUT2D eigenvalue weighted by Crippen LogP contribution is -2.44. The average Bonchev–Trinajstić information content (AvgIpc) is 3.15. The van der Waals surface area contributed by atoms with Crippen LogP contribution in [0.2, 0.25) is 0 Å². The summed E-state index contributed by atoms with van der Waals surface area (Å²) in [5, 5.41) is 5.54. The van der Waals surface area contributed by atoms with E-state index in [-0.39, 0.29) is 11.7 Å². The molecule has 1 aromatic heterocycles. The minimum atomic E-state index is -0.642. The first-order valence-electron chi connectivity index (χ1n) is 8.01. The third-order valence-electron chi connectivity index (χ3n) is 3.41. The first-order valence-corrected chi connectivity index (χ1v) is 9.40. The fourth-order valence-corrected chi connectivity index (χ4v) is 2.64. The van der Waals surface area contributed by atoms with Gasteiger partial charge in [-0.25, -0.2) is 0 Å². The summed E-state index contributed by atoms with van der Waals surface area (Å²) in [5.74, 6) is 1.00. The Hall–Kier alpha value is -2.41. The van der Waals surface area contributed by atoms with Gasteiger partial charge in [-0.15, -0.1) is 0 Å². The highest BCUT2D eigenvalue weighted by molar-refractivity contribution is 7.98. The van der Waals surface area contributed by atoms with E-state index in [1.165, 1.54) is 6.26 Å². The summed E-state index contributed by atoms with van der Waals surface area (Å²) in [6.07, 6.45) is 3.90. The van der Waals surface area contributed by atoms with Gasteiger partial charge in [-0.2, -0.15) is 11.8 Å². The largest absolute Gasteiger partial charge is 0.494 e. The number of furan rings is 1. The summed E-state index contributed by atoms with van der Waals surface area (Å²) < 4.78 is 10.4. The van der Waals surface area contributed by atoms with Gasteiger partial charge in [0.15, 0.2) is 5.76 Å². The molecule has 6 nitrogen and oxygen atoms in total. The molecule has 0 aliphatic rings. The fraction of sp³-hybridized carbons (Fsp3) is 0.333. The topological polar surface area (TPSA) is 80.6 Å². The van der Waals surface area contributed by atoms with E-state index in [0.29, 0.717) is 18.7 Å². The van der Waals surface area contributed by atoms with Crippen molar-refractivity contribution < 1.29 is 18.7 Å². The Kier molecular flexibility index (Phi) is 7.40. The van der Waals surface area contributed by atoms with Gasteiger partial charge in [-0.1, -0.05) is 0 Å². The highest BCUT2D eigenvalue weighted by Crippen LogP contribution is 2.16. The zero-order chi connectivity index (χ0) is 18.1. The third-order valence-corrected chi connectivity index (χ3v) is 4.05. The number of anilines is 1. The second-order valence-corrected chi connectivity index (χ2v) is 6.22. The molecule has 1 unspecified atom stereocenters. The molecule has 0 spiro atoms. The number of carbonyl (C=O) groups is 2. The van der Waals surface area contributed by atoms with E-state index < -0.39 is 11.9 Å². The Morgan fingerprint density at radius 2 is 2.00 bits per heavy atom. The molecule has 0 saturated carbocycles. The molecule has 0 aliphatic heterocycles. The lowest BCUT2D eigenvalue weighted by molar-refractivity contribution is -0.118. The maximum atomic E-state index is 12.5. The number of ether oxygens (including phenoxy) is 1. The number of benzene rings is 1. The molecular formula is C18H22N2O4S. The highest BCUT2D eigenvalue weighted by Gasteiger charge is 2.22. The van der Waals surface area contributed by atoms with E-state index in [1.807, 2.05) is 13.2 Å². The SMILES string of the molecule is CCOc1ccc(NC(=O)C(CCSC)NC(=O)c2ccco2)cc1.